The fourth-order valence-electron chi connectivity index (χ4n) is 5.57. The first-order chi connectivity index (χ1) is 21.2. The predicted octanol–water partition coefficient (Wildman–Crippen LogP) is 7.01. The van der Waals surface area contributed by atoms with E-state index in [1.165, 1.54) is 10.1 Å². The zero-order valence-electron chi connectivity index (χ0n) is 25.8. The molecule has 1 fully saturated rings. The molecule has 0 spiro atoms. The number of methoxy groups -OCH3 is 1. The van der Waals surface area contributed by atoms with E-state index >= 15 is 0 Å². The molecule has 3 N–H and O–H groups in total. The number of aromatic nitrogens is 3. The number of hydrogen-bond acceptors (Lipinski definition) is 10. The number of rotatable bonds is 9. The number of nitrogens with one attached hydrogen (secondary N) is 2. The Morgan fingerprint density at radius 1 is 0.977 bits per heavy atom. The molecule has 5 aromatic rings. The van der Waals surface area contributed by atoms with E-state index in [0.717, 1.165) is 53.5 Å². The Morgan fingerprint density at radius 3 is 2.50 bits per heavy atom. The average molecular weight is 610 g/mol. The third-order valence-electron chi connectivity index (χ3n) is 8.07. The topological polar surface area (TPSA) is 98.7 Å². The van der Waals surface area contributed by atoms with E-state index in [1.807, 2.05) is 48.7 Å². The molecule has 3 aromatic heterocycles. The van der Waals surface area contributed by atoms with E-state index in [4.69, 9.17) is 14.7 Å². The van der Waals surface area contributed by atoms with E-state index in [9.17, 15) is 5.11 Å². The molecule has 0 radical (unpaired) electrons. The minimum Gasteiger partial charge on any atom is -0.495 e. The number of nitrogens with zero attached hydrogens (tertiary/aromatic N) is 5. The van der Waals surface area contributed by atoms with Crippen molar-refractivity contribution in [1.82, 2.24) is 19.9 Å². The van der Waals surface area contributed by atoms with Gasteiger partial charge >= 0.3 is 0 Å². The van der Waals surface area contributed by atoms with Gasteiger partial charge in [0.2, 0.25) is 5.95 Å². The standard InChI is InChI=1S/C34H39N7O2S/c1-34(2,42)30-11-8-12-31(37-30)38-32-25(29-19-22-9-6-7-10-28(22)44-29)21-35-33(39-32)36-23-13-14-26(27(20-23)43-5)41-17-15-24(16-18-41)40(3)4/h6-14,19-21,24,42H,15-18H2,1-5H3,(H2,35,36,37,38,39). The first-order valence-electron chi connectivity index (χ1n) is 14.9. The van der Waals surface area contributed by atoms with Crippen LogP contribution in [0.3, 0.4) is 0 Å². The monoisotopic (exact) mass is 609 g/mol. The zero-order chi connectivity index (χ0) is 30.8. The highest BCUT2D eigenvalue weighted by atomic mass is 32.1. The van der Waals surface area contributed by atoms with E-state index in [2.05, 4.69) is 63.8 Å². The lowest BCUT2D eigenvalue weighted by molar-refractivity contribution is 0.0740. The molecule has 0 amide bonds. The van der Waals surface area contributed by atoms with Crippen molar-refractivity contribution >= 4 is 50.4 Å². The molecule has 10 heteroatoms. The van der Waals surface area contributed by atoms with Crippen LogP contribution in [0.5, 0.6) is 5.75 Å². The van der Waals surface area contributed by atoms with Gasteiger partial charge < -0.3 is 30.3 Å². The maximum Gasteiger partial charge on any atom is 0.229 e. The summed E-state index contributed by atoms with van der Waals surface area (Å²) >= 11 is 1.69. The number of aliphatic hydroxyl groups is 1. The molecule has 4 heterocycles. The van der Waals surface area contributed by atoms with Gasteiger partial charge in [0.15, 0.2) is 0 Å². The van der Waals surface area contributed by atoms with Crippen LogP contribution >= 0.6 is 11.3 Å². The quantitative estimate of drug-likeness (QED) is 0.163. The molecule has 0 unspecified atom stereocenters. The van der Waals surface area contributed by atoms with Crippen LogP contribution in [0, 0.1) is 0 Å². The highest BCUT2D eigenvalue weighted by Crippen LogP contribution is 2.38. The van der Waals surface area contributed by atoms with Gasteiger partial charge in [-0.1, -0.05) is 24.3 Å². The molecule has 6 rings (SSSR count). The summed E-state index contributed by atoms with van der Waals surface area (Å²) in [5, 5.41) is 18.5. The Morgan fingerprint density at radius 2 is 1.77 bits per heavy atom. The lowest BCUT2D eigenvalue weighted by atomic mass is 10.0. The van der Waals surface area contributed by atoms with Gasteiger partial charge in [0, 0.05) is 46.7 Å². The molecule has 2 aromatic carbocycles. The molecule has 1 aliphatic rings. The van der Waals surface area contributed by atoms with Crippen molar-refractivity contribution in [1.29, 1.82) is 0 Å². The summed E-state index contributed by atoms with van der Waals surface area (Å²) in [7, 11) is 6.02. The van der Waals surface area contributed by atoms with E-state index in [0.29, 0.717) is 29.3 Å². The van der Waals surface area contributed by atoms with Gasteiger partial charge in [-0.15, -0.1) is 11.3 Å². The Bertz CT molecular complexity index is 1720. The Balaban J connectivity index is 1.30. The fourth-order valence-corrected chi connectivity index (χ4v) is 6.64. The van der Waals surface area contributed by atoms with Crippen LogP contribution in [0.15, 0.2) is 72.9 Å². The maximum atomic E-state index is 10.5. The van der Waals surface area contributed by atoms with Crippen LogP contribution in [-0.4, -0.2) is 65.3 Å². The van der Waals surface area contributed by atoms with Gasteiger partial charge in [-0.2, -0.15) is 4.98 Å². The molecule has 228 valence electrons. The van der Waals surface area contributed by atoms with Gasteiger partial charge in [0.1, 0.15) is 23.0 Å². The summed E-state index contributed by atoms with van der Waals surface area (Å²) in [6.07, 6.45) is 4.09. The van der Waals surface area contributed by atoms with Crippen LogP contribution in [0.25, 0.3) is 20.5 Å². The largest absolute Gasteiger partial charge is 0.495 e. The molecule has 0 aliphatic carbocycles. The minimum atomic E-state index is -1.07. The number of benzene rings is 2. The molecule has 0 bridgehead atoms. The minimum absolute atomic E-state index is 0.442. The van der Waals surface area contributed by atoms with Gasteiger partial charge in [-0.05, 0) is 82.6 Å². The lowest BCUT2D eigenvalue weighted by Crippen LogP contribution is -2.42. The first kappa shape index (κ1) is 29.8. The van der Waals surface area contributed by atoms with Gasteiger partial charge in [-0.25, -0.2) is 9.97 Å². The summed E-state index contributed by atoms with van der Waals surface area (Å²) in [6, 6.07) is 22.8. The smallest absolute Gasteiger partial charge is 0.229 e. The van der Waals surface area contributed by atoms with Crippen LogP contribution in [0.1, 0.15) is 32.4 Å². The van der Waals surface area contributed by atoms with Crippen LogP contribution in [0.2, 0.25) is 0 Å². The summed E-state index contributed by atoms with van der Waals surface area (Å²) in [5.74, 6) is 2.45. The number of piperidine rings is 1. The third-order valence-corrected chi connectivity index (χ3v) is 9.22. The summed E-state index contributed by atoms with van der Waals surface area (Å²) in [5.41, 5.74) is 2.28. The Hall–Kier alpha value is -4.25. The summed E-state index contributed by atoms with van der Waals surface area (Å²) in [4.78, 5) is 20.0. The second kappa shape index (κ2) is 12.4. The van der Waals surface area contributed by atoms with Crippen molar-refractivity contribution in [2.24, 2.45) is 0 Å². The number of ether oxygens (including phenoxy) is 1. The molecular weight excluding hydrogens is 570 g/mol. The SMILES string of the molecule is COc1cc(Nc2ncc(-c3cc4ccccc4s3)c(Nc3cccc(C(C)(C)O)n3)n2)ccc1N1CCC(N(C)C)CC1. The van der Waals surface area contributed by atoms with E-state index in [1.54, 1.807) is 32.3 Å². The van der Waals surface area contributed by atoms with Gasteiger partial charge in [0.25, 0.3) is 0 Å². The summed E-state index contributed by atoms with van der Waals surface area (Å²) < 4.78 is 7.02. The van der Waals surface area contributed by atoms with Crippen LogP contribution in [-0.2, 0) is 5.60 Å². The summed E-state index contributed by atoms with van der Waals surface area (Å²) in [6.45, 7) is 5.43. The van der Waals surface area contributed by atoms with Crippen molar-refractivity contribution in [2.75, 3.05) is 49.8 Å². The van der Waals surface area contributed by atoms with Crippen molar-refractivity contribution in [3.05, 3.63) is 78.6 Å². The van der Waals surface area contributed by atoms with Gasteiger partial charge in [0.05, 0.1) is 24.1 Å². The zero-order valence-corrected chi connectivity index (χ0v) is 26.7. The van der Waals surface area contributed by atoms with Crippen LogP contribution < -0.4 is 20.3 Å². The van der Waals surface area contributed by atoms with Crippen molar-refractivity contribution in [3.63, 3.8) is 0 Å². The third kappa shape index (κ3) is 6.47. The normalized spacial score (nSPS) is 14.3. The highest BCUT2D eigenvalue weighted by molar-refractivity contribution is 7.22. The van der Waals surface area contributed by atoms with E-state index < -0.39 is 5.60 Å². The lowest BCUT2D eigenvalue weighted by Gasteiger charge is -2.37. The highest BCUT2D eigenvalue weighted by Gasteiger charge is 2.23. The number of anilines is 5. The van der Waals surface area contributed by atoms with Crippen LogP contribution in [0.4, 0.5) is 29.0 Å². The number of hydrogen-bond donors (Lipinski definition) is 3. The van der Waals surface area contributed by atoms with E-state index in [-0.39, 0.29) is 0 Å². The number of fused-ring (bicyclic) bond motifs is 1. The van der Waals surface area contributed by atoms with Crippen molar-refractivity contribution in [3.8, 4) is 16.2 Å². The first-order valence-corrected chi connectivity index (χ1v) is 15.7. The Labute approximate surface area is 262 Å². The average Bonchev–Trinajstić information content (AvgIpc) is 3.45. The molecule has 1 aliphatic heterocycles. The van der Waals surface area contributed by atoms with Crippen molar-refractivity contribution < 1.29 is 9.84 Å². The second-order valence-corrected chi connectivity index (χ2v) is 13.0. The molecule has 0 atom stereocenters. The molecule has 44 heavy (non-hydrogen) atoms. The molecule has 9 nitrogen and oxygen atoms in total. The molecule has 1 saturated heterocycles. The van der Waals surface area contributed by atoms with Gasteiger partial charge in [-0.3, -0.25) is 0 Å². The number of thiophene rings is 1. The molecule has 0 saturated carbocycles. The Kier molecular flexibility index (Phi) is 8.40. The predicted molar refractivity (Wildman–Crippen MR) is 181 cm³/mol. The maximum absolute atomic E-state index is 10.5. The fraction of sp³-hybridized carbons (Fsp3) is 0.324. The van der Waals surface area contributed by atoms with Crippen molar-refractivity contribution in [2.45, 2.75) is 38.3 Å². The molecular formula is C34H39N7O2S. The second-order valence-electron chi connectivity index (χ2n) is 11.9. The number of pyridine rings is 1.